The summed E-state index contributed by atoms with van der Waals surface area (Å²) in [6, 6.07) is 0. The molecule has 4 aliphatic carbocycles. The van der Waals surface area contributed by atoms with E-state index < -0.39 is 95.5 Å². The van der Waals surface area contributed by atoms with Crippen LogP contribution in [0.25, 0.3) is 0 Å². The van der Waals surface area contributed by atoms with E-state index in [0.717, 1.165) is 5.57 Å². The predicted molar refractivity (Wildman–Crippen MR) is 139 cm³/mol. The van der Waals surface area contributed by atoms with Crippen molar-refractivity contribution in [1.29, 1.82) is 0 Å². The van der Waals surface area contributed by atoms with Gasteiger partial charge < -0.3 is 55.1 Å². The maximum absolute atomic E-state index is 12.4. The van der Waals surface area contributed by atoms with Crippen LogP contribution >= 0.6 is 0 Å². The van der Waals surface area contributed by atoms with Crippen LogP contribution in [0.3, 0.4) is 0 Å². The number of cyclic esters (lactones) is 1. The van der Waals surface area contributed by atoms with Gasteiger partial charge in [0.2, 0.25) is 0 Å². The van der Waals surface area contributed by atoms with Gasteiger partial charge in [0.25, 0.3) is 0 Å². The summed E-state index contributed by atoms with van der Waals surface area (Å²) in [6.07, 6.45) is -6.68. The number of rotatable bonds is 4. The minimum Gasteiger partial charge on any atom is -0.458 e. The highest BCUT2D eigenvalue weighted by Crippen LogP contribution is 2.70. The normalized spacial score (nSPS) is 56.9. The topological polar surface area (TPSA) is 207 Å². The molecule has 0 amide bonds. The van der Waals surface area contributed by atoms with Crippen LogP contribution in [-0.2, 0) is 19.0 Å². The van der Waals surface area contributed by atoms with E-state index in [2.05, 4.69) is 0 Å². The number of fused-ring (bicyclic) bond motifs is 5. The Labute approximate surface area is 238 Å². The summed E-state index contributed by atoms with van der Waals surface area (Å²) in [5.74, 6) is -1.93. The van der Waals surface area contributed by atoms with Crippen molar-refractivity contribution in [2.24, 2.45) is 28.6 Å². The van der Waals surface area contributed by atoms with Crippen molar-refractivity contribution >= 4 is 5.97 Å². The van der Waals surface area contributed by atoms with E-state index in [9.17, 15) is 45.6 Å². The Bertz CT molecular complexity index is 1080. The molecule has 2 heterocycles. The van der Waals surface area contributed by atoms with Gasteiger partial charge in [-0.15, -0.1) is 0 Å². The fourth-order valence-electron chi connectivity index (χ4n) is 10.1. The number of carbonyl (C=O) groups excluding carboxylic acids is 1. The van der Waals surface area contributed by atoms with Gasteiger partial charge in [0.15, 0.2) is 6.29 Å². The van der Waals surface area contributed by atoms with Gasteiger partial charge in [0, 0.05) is 30.3 Å². The summed E-state index contributed by atoms with van der Waals surface area (Å²) in [5, 5.41) is 89.6. The number of hydrogen-bond acceptors (Lipinski definition) is 12. The van der Waals surface area contributed by atoms with Crippen LogP contribution in [0, 0.1) is 28.6 Å². The number of hydrogen-bond donors (Lipinski definition) is 8. The zero-order chi connectivity index (χ0) is 29.7. The SMILES string of the molecule is C[C@@H]1O[C@@H](O[C@H]2C[C@@H](O)[C@]3(CO)[C@H]4[C@H](O)C[C@]5(C)C(C6=CC(=O)OC6)CC[C@]5(O)[C@@H]4CC[C@]3(O)C2)[C@H](O)[C@H](O)[C@H]1O. The van der Waals surface area contributed by atoms with Gasteiger partial charge in [-0.05, 0) is 56.4 Å². The third kappa shape index (κ3) is 3.99. The van der Waals surface area contributed by atoms with Crippen LogP contribution in [-0.4, -0.2) is 120 Å². The maximum atomic E-state index is 12.4. The number of carbonyl (C=O) groups is 1. The minimum absolute atomic E-state index is 0.0369. The number of ether oxygens (including phenoxy) is 3. The van der Waals surface area contributed by atoms with E-state index in [4.69, 9.17) is 14.2 Å². The molecule has 0 aromatic heterocycles. The average molecular weight is 585 g/mol. The van der Waals surface area contributed by atoms with Gasteiger partial charge in [-0.1, -0.05) is 6.92 Å². The number of esters is 1. The summed E-state index contributed by atoms with van der Waals surface area (Å²) in [6.45, 7) is 3.00. The summed E-state index contributed by atoms with van der Waals surface area (Å²) in [7, 11) is 0. The molecule has 1 saturated heterocycles. The molecule has 41 heavy (non-hydrogen) atoms. The summed E-state index contributed by atoms with van der Waals surface area (Å²) in [4.78, 5) is 11.8. The minimum atomic E-state index is -1.67. The van der Waals surface area contributed by atoms with Gasteiger partial charge in [-0.2, -0.15) is 0 Å². The lowest BCUT2D eigenvalue weighted by Crippen LogP contribution is -2.76. The molecule has 0 aromatic rings. The molecule has 15 atom stereocenters. The second-order valence-corrected chi connectivity index (χ2v) is 13.8. The molecule has 8 N–H and O–H groups in total. The van der Waals surface area contributed by atoms with E-state index in [1.54, 1.807) is 0 Å². The second-order valence-electron chi connectivity index (χ2n) is 13.8. The van der Waals surface area contributed by atoms with Crippen molar-refractivity contribution in [3.63, 3.8) is 0 Å². The van der Waals surface area contributed by atoms with Gasteiger partial charge in [0.1, 0.15) is 24.9 Å². The van der Waals surface area contributed by atoms with Crippen molar-refractivity contribution in [2.75, 3.05) is 13.2 Å². The quantitative estimate of drug-likeness (QED) is 0.140. The van der Waals surface area contributed by atoms with Crippen molar-refractivity contribution < 1.29 is 59.9 Å². The van der Waals surface area contributed by atoms with Crippen molar-refractivity contribution in [2.45, 2.75) is 119 Å². The zero-order valence-corrected chi connectivity index (χ0v) is 23.5. The van der Waals surface area contributed by atoms with E-state index in [-0.39, 0.29) is 38.2 Å². The van der Waals surface area contributed by atoms with Gasteiger partial charge >= 0.3 is 5.97 Å². The molecule has 12 heteroatoms. The van der Waals surface area contributed by atoms with Crippen LogP contribution in [0.5, 0.6) is 0 Å². The Morgan fingerprint density at radius 3 is 2.41 bits per heavy atom. The first-order valence-electron chi connectivity index (χ1n) is 14.9. The Hall–Kier alpha value is -1.19. The van der Waals surface area contributed by atoms with E-state index in [1.807, 2.05) is 6.92 Å². The van der Waals surface area contributed by atoms with Crippen molar-refractivity contribution in [1.82, 2.24) is 0 Å². The lowest BCUT2D eigenvalue weighted by Gasteiger charge is -2.68. The summed E-state index contributed by atoms with van der Waals surface area (Å²) >= 11 is 0. The maximum Gasteiger partial charge on any atom is 0.331 e. The van der Waals surface area contributed by atoms with Gasteiger partial charge in [-0.25, -0.2) is 4.79 Å². The predicted octanol–water partition coefficient (Wildman–Crippen LogP) is -1.51. The molecule has 0 bridgehead atoms. The van der Waals surface area contributed by atoms with E-state index in [0.29, 0.717) is 19.3 Å². The third-order valence-electron chi connectivity index (χ3n) is 12.2. The fraction of sp³-hybridized carbons (Fsp3) is 0.897. The zero-order valence-electron chi connectivity index (χ0n) is 23.5. The van der Waals surface area contributed by atoms with E-state index in [1.165, 1.54) is 13.0 Å². The average Bonchev–Trinajstić information content (AvgIpc) is 3.45. The second kappa shape index (κ2) is 9.91. The molecule has 5 fully saturated rings. The van der Waals surface area contributed by atoms with Crippen LogP contribution in [0.2, 0.25) is 0 Å². The molecule has 12 nitrogen and oxygen atoms in total. The summed E-state index contributed by atoms with van der Waals surface area (Å²) in [5.41, 5.74) is -4.46. The van der Waals surface area contributed by atoms with E-state index >= 15 is 0 Å². The molecule has 0 aromatic carbocycles. The molecule has 6 aliphatic rings. The molecular formula is C29H44O12. The van der Waals surface area contributed by atoms with Crippen LogP contribution in [0.15, 0.2) is 11.6 Å². The highest BCUT2D eigenvalue weighted by atomic mass is 16.7. The number of aliphatic hydroxyl groups excluding tert-OH is 6. The van der Waals surface area contributed by atoms with Gasteiger partial charge in [-0.3, -0.25) is 0 Å². The Balaban J connectivity index is 1.28. The molecule has 2 aliphatic heterocycles. The molecule has 0 radical (unpaired) electrons. The van der Waals surface area contributed by atoms with Crippen molar-refractivity contribution in [3.8, 4) is 0 Å². The molecular weight excluding hydrogens is 540 g/mol. The smallest absolute Gasteiger partial charge is 0.331 e. The molecule has 6 rings (SSSR count). The molecule has 4 saturated carbocycles. The first kappa shape index (κ1) is 29.9. The highest BCUT2D eigenvalue weighted by molar-refractivity contribution is 5.85. The van der Waals surface area contributed by atoms with Crippen LogP contribution in [0.1, 0.15) is 58.8 Å². The first-order valence-corrected chi connectivity index (χ1v) is 14.9. The highest BCUT2D eigenvalue weighted by Gasteiger charge is 2.75. The lowest BCUT2D eigenvalue weighted by molar-refractivity contribution is -0.342. The molecule has 232 valence electrons. The molecule has 1 unspecified atom stereocenters. The Morgan fingerprint density at radius 2 is 1.76 bits per heavy atom. The van der Waals surface area contributed by atoms with Gasteiger partial charge in [0.05, 0.1) is 47.6 Å². The Kier molecular flexibility index (Phi) is 7.22. The fourth-order valence-corrected chi connectivity index (χ4v) is 10.1. The monoisotopic (exact) mass is 584 g/mol. The Morgan fingerprint density at radius 1 is 1.02 bits per heavy atom. The molecule has 0 spiro atoms. The van der Waals surface area contributed by atoms with Crippen LogP contribution in [0.4, 0.5) is 0 Å². The lowest BCUT2D eigenvalue weighted by atomic mass is 9.40. The summed E-state index contributed by atoms with van der Waals surface area (Å²) < 4.78 is 16.7. The standard InChI is InChI=1S/C29H44O12/c1-13-22(34)23(35)24(36)25(40-13)41-15-8-19(32)28(12-30)21-17(3-5-27(28,37)9-15)29(38)6-4-16(14-7-20(33)39-11-14)26(29,2)10-18(21)31/h7,13,15-19,21-25,30-32,34-38H,3-6,8-12H2,1-2H3/t13-,15-,16?,17+,18+,19+,21+,22-,23+,24+,25-,26+,27-,28+,29-/m0/s1. The number of aliphatic hydroxyl groups is 8. The third-order valence-corrected chi connectivity index (χ3v) is 12.2. The largest absolute Gasteiger partial charge is 0.458 e. The van der Waals surface area contributed by atoms with Crippen LogP contribution < -0.4 is 0 Å². The van der Waals surface area contributed by atoms with Crippen molar-refractivity contribution in [3.05, 3.63) is 11.6 Å². The first-order chi connectivity index (χ1) is 19.2.